The van der Waals surface area contributed by atoms with Crippen LogP contribution in [0.15, 0.2) is 48.7 Å². The Kier molecular flexibility index (Phi) is 5.81. The third kappa shape index (κ3) is 5.10. The number of anilines is 2. The van der Waals surface area contributed by atoms with E-state index in [1.165, 1.54) is 23.9 Å². The fraction of sp³-hybridized carbons (Fsp3) is 0.211. The number of aryl methyl sites for hydroxylation is 1. The summed E-state index contributed by atoms with van der Waals surface area (Å²) in [6, 6.07) is 11.9. The molecular weight excluding hydrogens is 374 g/mol. The third-order valence-corrected chi connectivity index (χ3v) is 4.07. The summed E-state index contributed by atoms with van der Waals surface area (Å²) >= 11 is 5.90. The third-order valence-electron chi connectivity index (χ3n) is 3.82. The molecule has 0 aliphatic rings. The van der Waals surface area contributed by atoms with Gasteiger partial charge in [-0.15, -0.1) is 0 Å². The van der Waals surface area contributed by atoms with Crippen molar-refractivity contribution in [2.75, 3.05) is 5.32 Å². The van der Waals surface area contributed by atoms with Crippen LogP contribution in [0.4, 0.5) is 20.3 Å². The fourth-order valence-corrected chi connectivity index (χ4v) is 2.61. The molecule has 0 fully saturated rings. The van der Waals surface area contributed by atoms with Gasteiger partial charge in [-0.05, 0) is 61.4 Å². The lowest BCUT2D eigenvalue weighted by Crippen LogP contribution is -2.05. The number of halogens is 3. The van der Waals surface area contributed by atoms with Gasteiger partial charge in [-0.25, -0.2) is 18.4 Å². The molecule has 0 spiro atoms. The first kappa shape index (κ1) is 19.0. The van der Waals surface area contributed by atoms with Crippen LogP contribution in [-0.4, -0.2) is 20.5 Å². The number of nitrogens with zero attached hydrogens (tertiary/aromatic N) is 3. The normalized spacial score (nSPS) is 11.0. The number of hydrogen-bond donors (Lipinski definition) is 1. The molecule has 0 aliphatic heterocycles. The number of ketones is 1. The second kappa shape index (κ2) is 8.26. The van der Waals surface area contributed by atoms with E-state index in [-0.39, 0.29) is 11.5 Å². The van der Waals surface area contributed by atoms with Gasteiger partial charge in [-0.1, -0.05) is 11.6 Å². The Morgan fingerprint density at radius 2 is 1.96 bits per heavy atom. The van der Waals surface area contributed by atoms with Gasteiger partial charge in [-0.3, -0.25) is 0 Å². The lowest BCUT2D eigenvalue weighted by atomic mass is 10.1. The lowest BCUT2D eigenvalue weighted by Gasteiger charge is -2.11. The second-order valence-corrected chi connectivity index (χ2v) is 6.48. The van der Waals surface area contributed by atoms with E-state index in [0.29, 0.717) is 29.5 Å². The zero-order chi connectivity index (χ0) is 19.4. The van der Waals surface area contributed by atoms with Crippen LogP contribution in [0.2, 0.25) is 5.02 Å². The number of alkyl halides is 2. The van der Waals surface area contributed by atoms with Crippen molar-refractivity contribution in [3.05, 3.63) is 64.9 Å². The van der Waals surface area contributed by atoms with Crippen LogP contribution in [0.25, 0.3) is 5.82 Å². The first-order valence-electron chi connectivity index (χ1n) is 8.28. The molecule has 0 radical (unpaired) electrons. The highest BCUT2D eigenvalue weighted by Gasteiger charge is 2.13. The number of Topliss-reactive ketones (excluding diaryl/α,β-unsaturated/α-hetero) is 1. The van der Waals surface area contributed by atoms with Gasteiger partial charge in [0, 0.05) is 23.3 Å². The molecule has 0 saturated heterocycles. The number of aromatic nitrogens is 3. The number of benzene rings is 1. The Labute approximate surface area is 160 Å². The molecule has 0 aliphatic carbocycles. The standard InChI is InChI=1S/C19H17ClF2N4O/c1-12(27)2-3-13-10-17(23-15-6-4-14(20)5-7-15)24-18(11-13)26-9-8-16(25-26)19(21)22/h4-11,19H,2-3H2,1H3,(H,23,24). The maximum Gasteiger partial charge on any atom is 0.282 e. The van der Waals surface area contributed by atoms with Crippen molar-refractivity contribution in [1.82, 2.24) is 14.8 Å². The van der Waals surface area contributed by atoms with Gasteiger partial charge in [0.25, 0.3) is 6.43 Å². The van der Waals surface area contributed by atoms with Crippen LogP contribution in [0.1, 0.15) is 31.0 Å². The maximum absolute atomic E-state index is 12.8. The Morgan fingerprint density at radius 3 is 2.59 bits per heavy atom. The van der Waals surface area contributed by atoms with E-state index >= 15 is 0 Å². The summed E-state index contributed by atoms with van der Waals surface area (Å²) in [6.45, 7) is 1.53. The van der Waals surface area contributed by atoms with Gasteiger partial charge in [0.1, 0.15) is 17.3 Å². The molecule has 1 aromatic carbocycles. The summed E-state index contributed by atoms with van der Waals surface area (Å²) in [5, 5.41) is 7.63. The number of nitrogens with one attached hydrogen (secondary N) is 1. The zero-order valence-corrected chi connectivity index (χ0v) is 15.3. The first-order valence-corrected chi connectivity index (χ1v) is 8.65. The molecular formula is C19H17ClF2N4O. The molecule has 1 N–H and O–H groups in total. The molecule has 0 saturated carbocycles. The molecule has 0 bridgehead atoms. The summed E-state index contributed by atoms with van der Waals surface area (Å²) in [5.74, 6) is 0.974. The van der Waals surface area contributed by atoms with Crippen molar-refractivity contribution < 1.29 is 13.6 Å². The number of carbonyl (C=O) groups is 1. The Hall–Kier alpha value is -2.80. The van der Waals surface area contributed by atoms with Gasteiger partial charge >= 0.3 is 0 Å². The largest absolute Gasteiger partial charge is 0.340 e. The number of rotatable bonds is 7. The molecule has 3 rings (SSSR count). The molecule has 2 aromatic heterocycles. The molecule has 140 valence electrons. The minimum absolute atomic E-state index is 0.0691. The molecule has 8 heteroatoms. The molecule has 0 atom stereocenters. The van der Waals surface area contributed by atoms with Crippen molar-refractivity contribution in [2.24, 2.45) is 0 Å². The monoisotopic (exact) mass is 390 g/mol. The summed E-state index contributed by atoms with van der Waals surface area (Å²) in [4.78, 5) is 15.8. The van der Waals surface area contributed by atoms with E-state index in [2.05, 4.69) is 15.4 Å². The van der Waals surface area contributed by atoms with Crippen molar-refractivity contribution in [3.8, 4) is 5.82 Å². The van der Waals surface area contributed by atoms with Gasteiger partial charge in [0.05, 0.1) is 0 Å². The highest BCUT2D eigenvalue weighted by molar-refractivity contribution is 6.30. The average molecular weight is 391 g/mol. The Balaban J connectivity index is 1.94. The predicted molar refractivity (Wildman–Crippen MR) is 100 cm³/mol. The molecule has 27 heavy (non-hydrogen) atoms. The summed E-state index contributed by atoms with van der Waals surface area (Å²) in [5.41, 5.74) is 1.30. The average Bonchev–Trinajstić information content (AvgIpc) is 3.12. The van der Waals surface area contributed by atoms with E-state index in [9.17, 15) is 13.6 Å². The van der Waals surface area contributed by atoms with E-state index in [1.807, 2.05) is 6.07 Å². The quantitative estimate of drug-likeness (QED) is 0.608. The highest BCUT2D eigenvalue weighted by atomic mass is 35.5. The first-order chi connectivity index (χ1) is 12.9. The van der Waals surface area contributed by atoms with Crippen LogP contribution in [0.3, 0.4) is 0 Å². The smallest absolute Gasteiger partial charge is 0.282 e. The minimum Gasteiger partial charge on any atom is -0.340 e. The molecule has 2 heterocycles. The Bertz CT molecular complexity index is 941. The fourth-order valence-electron chi connectivity index (χ4n) is 2.48. The van der Waals surface area contributed by atoms with E-state index in [4.69, 9.17) is 11.6 Å². The van der Waals surface area contributed by atoms with Crippen LogP contribution in [0, 0.1) is 0 Å². The number of hydrogen-bond acceptors (Lipinski definition) is 4. The number of pyridine rings is 1. The molecule has 0 unspecified atom stereocenters. The van der Waals surface area contributed by atoms with Crippen LogP contribution in [0.5, 0.6) is 0 Å². The van der Waals surface area contributed by atoms with Crippen LogP contribution < -0.4 is 5.32 Å². The highest BCUT2D eigenvalue weighted by Crippen LogP contribution is 2.22. The zero-order valence-electron chi connectivity index (χ0n) is 14.5. The van der Waals surface area contributed by atoms with Crippen molar-refractivity contribution in [3.63, 3.8) is 0 Å². The van der Waals surface area contributed by atoms with E-state index in [1.54, 1.807) is 30.3 Å². The maximum atomic E-state index is 12.8. The van der Waals surface area contributed by atoms with Gasteiger partial charge in [0.2, 0.25) is 0 Å². The number of carbonyl (C=O) groups excluding carboxylic acids is 1. The molecule has 5 nitrogen and oxygen atoms in total. The summed E-state index contributed by atoms with van der Waals surface area (Å²) in [6.07, 6.45) is -0.322. The van der Waals surface area contributed by atoms with Crippen LogP contribution in [-0.2, 0) is 11.2 Å². The van der Waals surface area contributed by atoms with Crippen molar-refractivity contribution in [2.45, 2.75) is 26.2 Å². The van der Waals surface area contributed by atoms with E-state index < -0.39 is 6.43 Å². The second-order valence-electron chi connectivity index (χ2n) is 6.04. The van der Waals surface area contributed by atoms with Crippen molar-refractivity contribution >= 4 is 28.9 Å². The molecule has 3 aromatic rings. The predicted octanol–water partition coefficient (Wildman–Crippen LogP) is 5.12. The van der Waals surface area contributed by atoms with Crippen molar-refractivity contribution in [1.29, 1.82) is 0 Å². The van der Waals surface area contributed by atoms with E-state index in [0.717, 1.165) is 11.3 Å². The minimum atomic E-state index is -2.65. The Morgan fingerprint density at radius 1 is 1.22 bits per heavy atom. The molecule has 0 amide bonds. The topological polar surface area (TPSA) is 59.8 Å². The summed E-state index contributed by atoms with van der Waals surface area (Å²) < 4.78 is 27.0. The lowest BCUT2D eigenvalue weighted by molar-refractivity contribution is -0.116. The van der Waals surface area contributed by atoms with Gasteiger partial charge in [0.15, 0.2) is 5.82 Å². The summed E-state index contributed by atoms with van der Waals surface area (Å²) in [7, 11) is 0. The van der Waals surface area contributed by atoms with Crippen LogP contribution >= 0.6 is 11.6 Å². The van der Waals surface area contributed by atoms with Gasteiger partial charge in [-0.2, -0.15) is 5.10 Å². The SMILES string of the molecule is CC(=O)CCc1cc(Nc2ccc(Cl)cc2)nc(-n2ccc(C(F)F)n2)c1. The van der Waals surface area contributed by atoms with Gasteiger partial charge < -0.3 is 10.1 Å².